The molecule has 1 heterocycles. The van der Waals surface area contributed by atoms with Crippen molar-refractivity contribution in [1.82, 2.24) is 0 Å². The van der Waals surface area contributed by atoms with Gasteiger partial charge in [0, 0.05) is 12.1 Å². The van der Waals surface area contributed by atoms with E-state index in [1.165, 1.54) is 12.1 Å². The maximum atomic E-state index is 11.2. The number of hydrogen-bond acceptors (Lipinski definition) is 11. The summed E-state index contributed by atoms with van der Waals surface area (Å²) in [5.74, 6) is -2.34. The summed E-state index contributed by atoms with van der Waals surface area (Å²) in [5.41, 5.74) is 0.790. The molecular formula is C23H27NO11. The molecule has 0 spiro atoms. The number of rotatable bonds is 9. The van der Waals surface area contributed by atoms with E-state index in [1.807, 2.05) is 0 Å². The predicted octanol–water partition coefficient (Wildman–Crippen LogP) is -0.511. The van der Waals surface area contributed by atoms with Crippen LogP contribution in [0, 0.1) is 0 Å². The lowest BCUT2D eigenvalue weighted by Crippen LogP contribution is -2.60. The van der Waals surface area contributed by atoms with Crippen molar-refractivity contribution in [3.8, 4) is 23.0 Å². The van der Waals surface area contributed by atoms with Crippen LogP contribution in [0.2, 0.25) is 0 Å². The highest BCUT2D eigenvalue weighted by atomic mass is 16.7. The smallest absolute Gasteiger partial charge is 0.325 e. The fraction of sp³-hybridized carbons (Fsp3) is 0.391. The Morgan fingerprint density at radius 1 is 0.971 bits per heavy atom. The number of aromatic hydroxyl groups is 3. The molecule has 3 rings (SSSR count). The van der Waals surface area contributed by atoms with Crippen LogP contribution < -0.4 is 4.74 Å². The van der Waals surface area contributed by atoms with Crippen LogP contribution in [0.4, 0.5) is 0 Å². The van der Waals surface area contributed by atoms with Crippen molar-refractivity contribution in [3.05, 3.63) is 47.5 Å². The number of nitrogens with zero attached hydrogens (tertiary/aromatic N) is 1. The monoisotopic (exact) mass is 493 g/mol. The first kappa shape index (κ1) is 26.2. The first-order valence-electron chi connectivity index (χ1n) is 10.7. The molecule has 35 heavy (non-hydrogen) atoms. The average molecular weight is 493 g/mol. The highest BCUT2D eigenvalue weighted by molar-refractivity contribution is 6.06. The Kier molecular flexibility index (Phi) is 8.48. The zero-order valence-corrected chi connectivity index (χ0v) is 18.4. The molecule has 12 heteroatoms. The van der Waals surface area contributed by atoms with Crippen molar-refractivity contribution >= 4 is 11.7 Å². The van der Waals surface area contributed by atoms with Gasteiger partial charge in [-0.1, -0.05) is 12.1 Å². The maximum absolute atomic E-state index is 11.2. The molecule has 0 radical (unpaired) electrons. The molecule has 2 aromatic carbocycles. The van der Waals surface area contributed by atoms with Crippen LogP contribution >= 0.6 is 0 Å². The van der Waals surface area contributed by atoms with Gasteiger partial charge >= 0.3 is 5.97 Å². The number of carboxylic acids is 1. The lowest BCUT2D eigenvalue weighted by atomic mass is 9.98. The number of carboxylic acid groups (broad SMARTS) is 1. The fourth-order valence-electron chi connectivity index (χ4n) is 3.63. The lowest BCUT2D eigenvalue weighted by molar-refractivity contribution is -0.277. The average Bonchev–Trinajstić information content (AvgIpc) is 2.81. The van der Waals surface area contributed by atoms with Gasteiger partial charge in [-0.2, -0.15) is 0 Å². The van der Waals surface area contributed by atoms with Gasteiger partial charge in [0.15, 0.2) is 0 Å². The highest BCUT2D eigenvalue weighted by Gasteiger charge is 2.45. The third-order valence-corrected chi connectivity index (χ3v) is 5.44. The van der Waals surface area contributed by atoms with Crippen molar-refractivity contribution in [3.63, 3.8) is 0 Å². The lowest BCUT2D eigenvalue weighted by Gasteiger charge is -2.39. The quantitative estimate of drug-likeness (QED) is 0.208. The number of aliphatic imine (C=N–C) groups is 1. The summed E-state index contributed by atoms with van der Waals surface area (Å²) in [6.07, 6.45) is -7.55. The van der Waals surface area contributed by atoms with E-state index in [0.29, 0.717) is 6.42 Å². The van der Waals surface area contributed by atoms with Gasteiger partial charge in [0.05, 0.1) is 17.9 Å². The van der Waals surface area contributed by atoms with E-state index >= 15 is 0 Å². The van der Waals surface area contributed by atoms with Gasteiger partial charge in [0.2, 0.25) is 6.29 Å². The molecule has 8 N–H and O–H groups in total. The van der Waals surface area contributed by atoms with Gasteiger partial charge in [0.1, 0.15) is 54.0 Å². The number of aliphatic hydroxyl groups is 4. The molecule has 2 aromatic rings. The number of phenolic OH excluding ortho intramolecular Hbond substituents is 3. The highest BCUT2D eigenvalue weighted by Crippen LogP contribution is 2.36. The van der Waals surface area contributed by atoms with Gasteiger partial charge < -0.3 is 50.3 Å². The molecule has 0 unspecified atom stereocenters. The first-order chi connectivity index (χ1) is 16.6. The number of benzene rings is 2. The Balaban J connectivity index is 1.96. The van der Waals surface area contributed by atoms with E-state index in [9.17, 15) is 40.5 Å². The molecule has 190 valence electrons. The number of aliphatic hydroxyl groups excluding tert-OH is 4. The van der Waals surface area contributed by atoms with Crippen molar-refractivity contribution in [2.75, 3.05) is 13.2 Å². The van der Waals surface area contributed by atoms with Crippen molar-refractivity contribution in [1.29, 1.82) is 0 Å². The minimum atomic E-state index is -1.76. The standard InChI is InChI=1S/C23H27NO11/c25-10-17-20(31)21(32)22(33)23(35-17)34-16-8-13(27)7-15(28)19(16)14(24-9-18(29)30)6-3-11-1-4-12(26)5-2-11/h1-2,4-5,7-8,17,20-23,25-28,31-33H,3,6,9-10H2,(H,29,30)/t17-,20-,21+,22-,23-/m1/s1. The molecule has 1 saturated heterocycles. The Hall–Kier alpha value is -3.42. The number of ether oxygens (including phenoxy) is 2. The van der Waals surface area contributed by atoms with Crippen molar-refractivity contribution in [2.45, 2.75) is 43.5 Å². The molecule has 0 bridgehead atoms. The van der Waals surface area contributed by atoms with Crippen LogP contribution in [0.5, 0.6) is 23.0 Å². The van der Waals surface area contributed by atoms with E-state index < -0.39 is 61.3 Å². The molecule has 0 aliphatic carbocycles. The van der Waals surface area contributed by atoms with Gasteiger partial charge in [-0.3, -0.25) is 9.79 Å². The second kappa shape index (κ2) is 11.3. The van der Waals surface area contributed by atoms with Crippen molar-refractivity contribution < 1.29 is 55.1 Å². The summed E-state index contributed by atoms with van der Waals surface area (Å²) in [4.78, 5) is 15.2. The SMILES string of the molecule is O=C(O)CN=C(CCc1ccc(O)cc1)c1c(O)cc(O)cc1O[C@@H]1O[C@H](CO)[C@@H](O)[C@H](O)[C@H]1O. The number of hydrogen-bond donors (Lipinski definition) is 8. The Labute approximate surface area is 199 Å². The van der Waals surface area contributed by atoms with Crippen LogP contribution in [0.1, 0.15) is 17.5 Å². The zero-order chi connectivity index (χ0) is 25.7. The van der Waals surface area contributed by atoms with E-state index in [0.717, 1.165) is 17.7 Å². The van der Waals surface area contributed by atoms with Gasteiger partial charge in [-0.25, -0.2) is 0 Å². The van der Waals surface area contributed by atoms with Crippen LogP contribution in [0.3, 0.4) is 0 Å². The molecule has 0 amide bonds. The Bertz CT molecular complexity index is 1050. The molecule has 1 aliphatic heterocycles. The summed E-state index contributed by atoms with van der Waals surface area (Å²) in [5, 5.41) is 78.9. The molecular weight excluding hydrogens is 466 g/mol. The van der Waals surface area contributed by atoms with E-state index in [2.05, 4.69) is 4.99 Å². The summed E-state index contributed by atoms with van der Waals surface area (Å²) < 4.78 is 11.0. The summed E-state index contributed by atoms with van der Waals surface area (Å²) >= 11 is 0. The number of carbonyl (C=O) groups is 1. The molecule has 5 atom stereocenters. The number of phenols is 3. The molecule has 0 saturated carbocycles. The third kappa shape index (κ3) is 6.38. The molecule has 1 fully saturated rings. The van der Waals surface area contributed by atoms with Crippen LogP contribution in [0.25, 0.3) is 0 Å². The van der Waals surface area contributed by atoms with E-state index in [4.69, 9.17) is 14.6 Å². The largest absolute Gasteiger partial charge is 0.508 e. The summed E-state index contributed by atoms with van der Waals surface area (Å²) in [7, 11) is 0. The second-order valence-electron chi connectivity index (χ2n) is 7.98. The van der Waals surface area contributed by atoms with Gasteiger partial charge in [-0.15, -0.1) is 0 Å². The zero-order valence-electron chi connectivity index (χ0n) is 18.4. The van der Waals surface area contributed by atoms with E-state index in [-0.39, 0.29) is 29.2 Å². The second-order valence-corrected chi connectivity index (χ2v) is 7.98. The van der Waals surface area contributed by atoms with Gasteiger partial charge in [0.25, 0.3) is 0 Å². The van der Waals surface area contributed by atoms with Gasteiger partial charge in [-0.05, 0) is 30.5 Å². The minimum absolute atomic E-state index is 0.0694. The van der Waals surface area contributed by atoms with E-state index in [1.54, 1.807) is 12.1 Å². The van der Waals surface area contributed by atoms with Crippen LogP contribution in [-0.4, -0.2) is 96.4 Å². The van der Waals surface area contributed by atoms with Crippen LogP contribution in [0.15, 0.2) is 41.4 Å². The molecule has 12 nitrogen and oxygen atoms in total. The van der Waals surface area contributed by atoms with Crippen molar-refractivity contribution in [2.24, 2.45) is 4.99 Å². The number of aryl methyl sites for hydroxylation is 1. The van der Waals surface area contributed by atoms with Crippen LogP contribution in [-0.2, 0) is 16.0 Å². The molecule has 0 aromatic heterocycles. The normalized spacial score (nSPS) is 24.8. The fourth-order valence-corrected chi connectivity index (χ4v) is 3.63. The third-order valence-electron chi connectivity index (χ3n) is 5.44. The maximum Gasteiger partial charge on any atom is 0.325 e. The molecule has 1 aliphatic rings. The summed E-state index contributed by atoms with van der Waals surface area (Å²) in [6, 6.07) is 8.35. The summed E-state index contributed by atoms with van der Waals surface area (Å²) in [6.45, 7) is -1.33. The Morgan fingerprint density at radius 2 is 1.66 bits per heavy atom. The number of aliphatic carboxylic acids is 1. The Morgan fingerprint density at radius 3 is 2.29 bits per heavy atom. The predicted molar refractivity (Wildman–Crippen MR) is 120 cm³/mol. The first-order valence-corrected chi connectivity index (χ1v) is 10.7. The minimum Gasteiger partial charge on any atom is -0.508 e. The topological polar surface area (TPSA) is 210 Å².